The van der Waals surface area contributed by atoms with E-state index in [0.717, 1.165) is 31.6 Å². The summed E-state index contributed by atoms with van der Waals surface area (Å²) in [6, 6.07) is 0. The van der Waals surface area contributed by atoms with E-state index in [-0.39, 0.29) is 0 Å². The monoisotopic (exact) mass is 152 g/mol. The van der Waals surface area contributed by atoms with Crippen molar-refractivity contribution in [2.45, 2.75) is 33.1 Å². The maximum absolute atomic E-state index is 5.45. The van der Waals surface area contributed by atoms with Crippen LogP contribution >= 0.6 is 0 Å². The van der Waals surface area contributed by atoms with Gasteiger partial charge in [-0.1, -0.05) is 19.9 Å². The molecule has 0 saturated carbocycles. The molecule has 0 saturated heterocycles. The van der Waals surface area contributed by atoms with Crippen molar-refractivity contribution in [3.8, 4) is 0 Å². The molecule has 0 aromatic carbocycles. The number of rotatable bonds is 3. The van der Waals surface area contributed by atoms with Crippen LogP contribution in [-0.2, 0) is 4.74 Å². The van der Waals surface area contributed by atoms with Gasteiger partial charge in [0.1, 0.15) is 5.76 Å². The van der Waals surface area contributed by atoms with Gasteiger partial charge in [0.05, 0.1) is 6.61 Å². The summed E-state index contributed by atoms with van der Waals surface area (Å²) in [5.41, 5.74) is 1.47. The Labute approximate surface area is 68.8 Å². The summed E-state index contributed by atoms with van der Waals surface area (Å²) in [5, 5.41) is 0. The topological polar surface area (TPSA) is 9.23 Å². The molecule has 0 radical (unpaired) electrons. The fraction of sp³-hybridized carbons (Fsp3) is 0.600. The Bertz CT molecular complexity index is 177. The van der Waals surface area contributed by atoms with Crippen LogP contribution in [-0.4, -0.2) is 6.61 Å². The fourth-order valence-corrected chi connectivity index (χ4v) is 1.25. The van der Waals surface area contributed by atoms with Gasteiger partial charge >= 0.3 is 0 Å². The molecule has 62 valence electrons. The predicted octanol–water partition coefficient (Wildman–Crippen LogP) is 3.04. The Kier molecular flexibility index (Phi) is 3.21. The van der Waals surface area contributed by atoms with E-state index in [1.807, 2.05) is 0 Å². The molecule has 0 amide bonds. The van der Waals surface area contributed by atoms with Gasteiger partial charge < -0.3 is 4.74 Å². The highest BCUT2D eigenvalue weighted by atomic mass is 16.5. The Morgan fingerprint density at radius 3 is 2.91 bits per heavy atom. The van der Waals surface area contributed by atoms with Gasteiger partial charge in [-0.3, -0.25) is 0 Å². The molecule has 0 aromatic heterocycles. The largest absolute Gasteiger partial charge is 0.493 e. The smallest absolute Gasteiger partial charge is 0.118 e. The van der Waals surface area contributed by atoms with Gasteiger partial charge in [-0.2, -0.15) is 0 Å². The number of ether oxygens (including phenoxy) is 1. The molecular weight excluding hydrogens is 136 g/mol. The first kappa shape index (κ1) is 8.38. The Morgan fingerprint density at radius 1 is 1.45 bits per heavy atom. The van der Waals surface area contributed by atoms with E-state index >= 15 is 0 Å². The van der Waals surface area contributed by atoms with Crippen molar-refractivity contribution >= 4 is 0 Å². The molecule has 0 spiro atoms. The molecule has 0 N–H and O–H groups in total. The maximum Gasteiger partial charge on any atom is 0.118 e. The average molecular weight is 152 g/mol. The summed E-state index contributed by atoms with van der Waals surface area (Å²) < 4.78 is 5.45. The molecule has 1 heteroatoms. The van der Waals surface area contributed by atoms with Crippen molar-refractivity contribution in [3.05, 3.63) is 23.5 Å². The lowest BCUT2D eigenvalue weighted by atomic mass is 10.1. The van der Waals surface area contributed by atoms with Crippen LogP contribution in [0.2, 0.25) is 0 Å². The minimum Gasteiger partial charge on any atom is -0.493 e. The summed E-state index contributed by atoms with van der Waals surface area (Å²) in [5.74, 6) is 1.12. The van der Waals surface area contributed by atoms with Gasteiger partial charge in [0.2, 0.25) is 0 Å². The van der Waals surface area contributed by atoms with Crippen molar-refractivity contribution in [3.63, 3.8) is 0 Å². The maximum atomic E-state index is 5.45. The molecule has 0 fully saturated rings. The zero-order valence-electron chi connectivity index (χ0n) is 7.39. The van der Waals surface area contributed by atoms with Crippen LogP contribution in [0.25, 0.3) is 0 Å². The molecule has 0 atom stereocenters. The Balaban J connectivity index is 2.59. The highest BCUT2D eigenvalue weighted by Gasteiger charge is 2.10. The van der Waals surface area contributed by atoms with Crippen molar-refractivity contribution in [1.29, 1.82) is 0 Å². The molecule has 1 nitrogen and oxygen atoms in total. The van der Waals surface area contributed by atoms with Crippen LogP contribution < -0.4 is 0 Å². The second-order valence-electron chi connectivity index (χ2n) is 2.73. The van der Waals surface area contributed by atoms with Crippen LogP contribution in [0, 0.1) is 0 Å². The molecule has 1 aliphatic heterocycles. The van der Waals surface area contributed by atoms with E-state index in [9.17, 15) is 0 Å². The zero-order chi connectivity index (χ0) is 8.10. The zero-order valence-corrected chi connectivity index (χ0v) is 7.39. The molecule has 1 aliphatic rings. The fourth-order valence-electron chi connectivity index (χ4n) is 1.25. The van der Waals surface area contributed by atoms with Crippen molar-refractivity contribution < 1.29 is 4.74 Å². The van der Waals surface area contributed by atoms with Gasteiger partial charge in [-0.15, -0.1) is 0 Å². The lowest BCUT2D eigenvalue weighted by Crippen LogP contribution is -1.80. The van der Waals surface area contributed by atoms with Gasteiger partial charge in [-0.25, -0.2) is 0 Å². The summed E-state index contributed by atoms with van der Waals surface area (Å²) >= 11 is 0. The van der Waals surface area contributed by atoms with Gasteiger partial charge in [0, 0.05) is 6.42 Å². The average Bonchev–Trinajstić information content (AvgIpc) is 2.47. The van der Waals surface area contributed by atoms with Crippen LogP contribution in [0.3, 0.4) is 0 Å². The highest BCUT2D eigenvalue weighted by Crippen LogP contribution is 2.22. The lowest BCUT2D eigenvalue weighted by molar-refractivity contribution is 0.257. The van der Waals surface area contributed by atoms with Crippen LogP contribution in [0.15, 0.2) is 23.5 Å². The first-order valence-electron chi connectivity index (χ1n) is 4.39. The molecule has 1 heterocycles. The first-order chi connectivity index (χ1) is 5.38. The van der Waals surface area contributed by atoms with Crippen molar-refractivity contribution in [1.82, 2.24) is 0 Å². The van der Waals surface area contributed by atoms with Gasteiger partial charge in [0.25, 0.3) is 0 Å². The summed E-state index contributed by atoms with van der Waals surface area (Å²) in [7, 11) is 0. The van der Waals surface area contributed by atoms with E-state index in [4.69, 9.17) is 4.74 Å². The van der Waals surface area contributed by atoms with Crippen molar-refractivity contribution in [2.24, 2.45) is 0 Å². The first-order valence-corrected chi connectivity index (χ1v) is 4.39. The minimum absolute atomic E-state index is 0.882. The molecule has 0 unspecified atom stereocenters. The lowest BCUT2D eigenvalue weighted by Gasteiger charge is -1.97. The Hall–Kier alpha value is -0.720. The van der Waals surface area contributed by atoms with Crippen LogP contribution in [0.1, 0.15) is 33.1 Å². The number of allylic oxidation sites excluding steroid dienone is 2. The molecule has 0 aromatic rings. The summed E-state index contributed by atoms with van der Waals surface area (Å²) in [6.45, 7) is 5.20. The highest BCUT2D eigenvalue weighted by molar-refractivity contribution is 5.23. The third-order valence-corrected chi connectivity index (χ3v) is 1.94. The van der Waals surface area contributed by atoms with Crippen LogP contribution in [0.5, 0.6) is 0 Å². The molecule has 0 aliphatic carbocycles. The summed E-state index contributed by atoms with van der Waals surface area (Å²) in [4.78, 5) is 0. The second-order valence-corrected chi connectivity index (χ2v) is 2.73. The van der Waals surface area contributed by atoms with Gasteiger partial charge in [0.15, 0.2) is 0 Å². The third kappa shape index (κ3) is 2.11. The van der Waals surface area contributed by atoms with E-state index in [2.05, 4.69) is 26.0 Å². The molecular formula is C10H16O. The molecule has 0 bridgehead atoms. The van der Waals surface area contributed by atoms with E-state index in [0.29, 0.717) is 0 Å². The number of hydrogen-bond donors (Lipinski definition) is 0. The third-order valence-electron chi connectivity index (χ3n) is 1.94. The van der Waals surface area contributed by atoms with E-state index in [1.54, 1.807) is 0 Å². The summed E-state index contributed by atoms with van der Waals surface area (Å²) in [6.07, 6.45) is 7.59. The Morgan fingerprint density at radius 2 is 2.27 bits per heavy atom. The quantitative estimate of drug-likeness (QED) is 0.604. The van der Waals surface area contributed by atoms with E-state index in [1.165, 1.54) is 5.57 Å². The second kappa shape index (κ2) is 4.22. The normalized spacial score (nSPS) is 18.0. The van der Waals surface area contributed by atoms with Crippen LogP contribution in [0.4, 0.5) is 0 Å². The van der Waals surface area contributed by atoms with Gasteiger partial charge in [-0.05, 0) is 24.5 Å². The van der Waals surface area contributed by atoms with E-state index < -0.39 is 0 Å². The molecule has 11 heavy (non-hydrogen) atoms. The SMILES string of the molecule is CC/C=C\C1=C(CC)CCO1. The minimum atomic E-state index is 0.882. The van der Waals surface area contributed by atoms with Crippen molar-refractivity contribution in [2.75, 3.05) is 6.61 Å². The number of hydrogen-bond acceptors (Lipinski definition) is 1. The standard InChI is InChI=1S/C10H16O/c1-3-5-6-10-9(4-2)7-8-11-10/h5-6H,3-4,7-8H2,1-2H3/b6-5-. The molecule has 1 rings (SSSR count). The predicted molar refractivity (Wildman–Crippen MR) is 47.3 cm³/mol.